The minimum atomic E-state index is -0.879. The summed E-state index contributed by atoms with van der Waals surface area (Å²) in [4.78, 5) is 34.0. The largest absolute Gasteiger partial charge is 0.490 e. The number of hydrogen-bond donors (Lipinski definition) is 3. The first-order chi connectivity index (χ1) is 9.56. The van der Waals surface area contributed by atoms with Gasteiger partial charge in [-0.15, -0.1) is 0 Å². The van der Waals surface area contributed by atoms with Crippen molar-refractivity contribution in [1.29, 1.82) is 0 Å². The fourth-order valence-electron chi connectivity index (χ4n) is 1.36. The third kappa shape index (κ3) is 2.62. The molecule has 0 spiro atoms. The molecule has 0 amide bonds. The van der Waals surface area contributed by atoms with Crippen molar-refractivity contribution in [2.75, 3.05) is 12.5 Å². The molecular weight excluding hydrogens is 286 g/mol. The normalized spacial score (nSPS) is 10.3. The first-order valence-corrected chi connectivity index (χ1v) is 6.09. The molecule has 0 radical (unpaired) electrons. The van der Waals surface area contributed by atoms with Gasteiger partial charge in [-0.25, -0.2) is 15.8 Å². The highest BCUT2D eigenvalue weighted by molar-refractivity contribution is 7.99. The van der Waals surface area contributed by atoms with E-state index in [1.165, 1.54) is 18.1 Å². The van der Waals surface area contributed by atoms with Crippen LogP contribution in [0.25, 0.3) is 0 Å². The fraction of sp³-hybridized carbons (Fsp3) is 0.222. The van der Waals surface area contributed by atoms with Crippen LogP contribution in [0, 0.1) is 0 Å². The van der Waals surface area contributed by atoms with Crippen LogP contribution in [0.5, 0.6) is 5.75 Å². The lowest BCUT2D eigenvalue weighted by Gasteiger charge is -2.11. The Morgan fingerprint density at radius 2 is 2.20 bits per heavy atom. The van der Waals surface area contributed by atoms with Crippen molar-refractivity contribution in [1.82, 2.24) is 24.7 Å². The van der Waals surface area contributed by atoms with E-state index >= 15 is 0 Å². The minimum absolute atomic E-state index is 0.245. The number of nitrogen functional groups attached to an aromatic ring is 1. The number of nitrogens with one attached hydrogen (secondary N) is 2. The van der Waals surface area contributed by atoms with Crippen LogP contribution in [0.3, 0.4) is 0 Å². The molecule has 0 bridgehead atoms. The van der Waals surface area contributed by atoms with Gasteiger partial charge in [0.05, 0.1) is 7.11 Å². The number of aromatic nitrogens is 5. The number of rotatable bonds is 4. The number of aryl methyl sites for hydroxylation is 1. The summed E-state index contributed by atoms with van der Waals surface area (Å²) in [6.07, 6.45) is 1.28. The summed E-state index contributed by atoms with van der Waals surface area (Å²) in [5.74, 6) is 5.91. The first-order valence-electron chi connectivity index (χ1n) is 5.27. The van der Waals surface area contributed by atoms with Crippen molar-refractivity contribution in [2.24, 2.45) is 12.9 Å². The van der Waals surface area contributed by atoms with Gasteiger partial charge in [-0.1, -0.05) is 0 Å². The molecule has 0 aromatic carbocycles. The van der Waals surface area contributed by atoms with Gasteiger partial charge in [0, 0.05) is 7.05 Å². The van der Waals surface area contributed by atoms with E-state index < -0.39 is 11.1 Å². The monoisotopic (exact) mass is 297 g/mol. The van der Waals surface area contributed by atoms with Gasteiger partial charge in [0.1, 0.15) is 6.33 Å². The summed E-state index contributed by atoms with van der Waals surface area (Å²) >= 11 is 1.03. The van der Waals surface area contributed by atoms with Gasteiger partial charge in [0.15, 0.2) is 21.7 Å². The Morgan fingerprint density at radius 1 is 1.45 bits per heavy atom. The smallest absolute Gasteiger partial charge is 0.339 e. The third-order valence-corrected chi connectivity index (χ3v) is 3.28. The molecule has 0 saturated heterocycles. The molecule has 11 heteroatoms. The SMILES string of the molecule is COc1c(NN)ncnc1Sc1nc(=O)c(=O)[nH]n1C. The van der Waals surface area contributed by atoms with E-state index in [0.717, 1.165) is 11.8 Å². The summed E-state index contributed by atoms with van der Waals surface area (Å²) in [6.45, 7) is 0. The maximum atomic E-state index is 11.3. The molecule has 0 aliphatic heterocycles. The highest BCUT2D eigenvalue weighted by Crippen LogP contribution is 2.34. The molecule has 2 aromatic rings. The minimum Gasteiger partial charge on any atom is -0.490 e. The van der Waals surface area contributed by atoms with Gasteiger partial charge in [-0.3, -0.25) is 19.4 Å². The summed E-state index contributed by atoms with van der Waals surface area (Å²) in [5.41, 5.74) is 0.697. The zero-order valence-corrected chi connectivity index (χ0v) is 11.4. The number of methoxy groups -OCH3 is 1. The Morgan fingerprint density at radius 3 is 2.85 bits per heavy atom. The van der Waals surface area contributed by atoms with Crippen LogP contribution < -0.4 is 27.1 Å². The quantitative estimate of drug-likeness (QED) is 0.272. The summed E-state index contributed by atoms with van der Waals surface area (Å²) in [5, 5.41) is 2.97. The summed E-state index contributed by atoms with van der Waals surface area (Å²) in [7, 11) is 2.98. The topological polar surface area (TPSA) is 141 Å². The maximum absolute atomic E-state index is 11.3. The molecule has 0 atom stereocenters. The lowest BCUT2D eigenvalue weighted by molar-refractivity contribution is 0.400. The summed E-state index contributed by atoms with van der Waals surface area (Å²) < 4.78 is 6.47. The molecule has 0 saturated carbocycles. The van der Waals surface area contributed by atoms with Crippen molar-refractivity contribution < 1.29 is 4.74 Å². The zero-order chi connectivity index (χ0) is 14.7. The third-order valence-electron chi connectivity index (χ3n) is 2.25. The van der Waals surface area contributed by atoms with Crippen molar-refractivity contribution in [3.05, 3.63) is 27.0 Å². The van der Waals surface area contributed by atoms with Crippen LogP contribution in [0.2, 0.25) is 0 Å². The summed E-state index contributed by atoms with van der Waals surface area (Å²) in [6, 6.07) is 0. The number of hydrazine groups is 1. The molecule has 2 rings (SSSR count). The van der Waals surface area contributed by atoms with Crippen LogP contribution in [0.1, 0.15) is 0 Å². The van der Waals surface area contributed by atoms with Gasteiger partial charge in [0.25, 0.3) is 0 Å². The van der Waals surface area contributed by atoms with E-state index in [4.69, 9.17) is 10.6 Å². The molecule has 20 heavy (non-hydrogen) atoms. The maximum Gasteiger partial charge on any atom is 0.339 e. The zero-order valence-electron chi connectivity index (χ0n) is 10.6. The fourth-order valence-corrected chi connectivity index (χ4v) is 2.21. The van der Waals surface area contributed by atoms with E-state index in [2.05, 4.69) is 25.5 Å². The van der Waals surface area contributed by atoms with Crippen molar-refractivity contribution in [3.63, 3.8) is 0 Å². The standard InChI is InChI=1S/C9H11N7O3S/c1-16-9(13-6(17)7(18)15-16)20-8-4(19-2)5(14-10)11-3-12-8/h3H,10H2,1-2H3,(H,15,18)(H,11,12,14). The van der Waals surface area contributed by atoms with E-state index in [1.807, 2.05) is 0 Å². The molecule has 4 N–H and O–H groups in total. The van der Waals surface area contributed by atoms with Crippen LogP contribution in [0.15, 0.2) is 26.1 Å². The molecule has 10 nitrogen and oxygen atoms in total. The van der Waals surface area contributed by atoms with Crippen molar-refractivity contribution in [2.45, 2.75) is 10.2 Å². The van der Waals surface area contributed by atoms with E-state index in [-0.39, 0.29) is 5.16 Å². The van der Waals surface area contributed by atoms with Crippen LogP contribution in [-0.4, -0.2) is 31.8 Å². The predicted octanol–water partition coefficient (Wildman–Crippen LogP) is -1.30. The van der Waals surface area contributed by atoms with Gasteiger partial charge in [-0.05, 0) is 11.8 Å². The Balaban J connectivity index is 2.47. The average molecular weight is 297 g/mol. The molecule has 0 fully saturated rings. The van der Waals surface area contributed by atoms with E-state index in [9.17, 15) is 9.59 Å². The van der Waals surface area contributed by atoms with Gasteiger partial charge in [0.2, 0.25) is 0 Å². The number of nitrogens with zero attached hydrogens (tertiary/aromatic N) is 4. The average Bonchev–Trinajstić information content (AvgIpc) is 2.44. The second-order valence-corrected chi connectivity index (χ2v) is 4.46. The molecule has 0 unspecified atom stereocenters. The number of H-pyrrole nitrogens is 1. The second-order valence-electron chi connectivity index (χ2n) is 3.51. The van der Waals surface area contributed by atoms with Crippen molar-refractivity contribution >= 4 is 17.6 Å². The van der Waals surface area contributed by atoms with Crippen LogP contribution >= 0.6 is 11.8 Å². The molecule has 2 aromatic heterocycles. The number of anilines is 1. The van der Waals surface area contributed by atoms with Gasteiger partial charge >= 0.3 is 11.1 Å². The first kappa shape index (κ1) is 14.0. The number of hydrogen-bond acceptors (Lipinski definition) is 9. The molecule has 2 heterocycles. The highest BCUT2D eigenvalue weighted by Gasteiger charge is 2.15. The van der Waals surface area contributed by atoms with E-state index in [0.29, 0.717) is 16.6 Å². The number of aromatic amines is 1. The Kier molecular flexibility index (Phi) is 4.00. The molecule has 106 valence electrons. The predicted molar refractivity (Wildman–Crippen MR) is 70.6 cm³/mol. The molecular formula is C9H11N7O3S. The van der Waals surface area contributed by atoms with E-state index in [1.54, 1.807) is 7.05 Å². The Hall–Kier alpha value is -2.40. The number of nitrogens with two attached hydrogens (primary N) is 1. The highest BCUT2D eigenvalue weighted by atomic mass is 32.2. The van der Waals surface area contributed by atoms with Gasteiger partial charge in [-0.2, -0.15) is 4.98 Å². The Labute approximate surface area is 116 Å². The number of ether oxygens (including phenoxy) is 1. The second kappa shape index (κ2) is 5.71. The van der Waals surface area contributed by atoms with Gasteiger partial charge < -0.3 is 10.2 Å². The van der Waals surface area contributed by atoms with Crippen LogP contribution in [0.4, 0.5) is 5.82 Å². The lowest BCUT2D eigenvalue weighted by atomic mass is 10.5. The lowest BCUT2D eigenvalue weighted by Crippen LogP contribution is -2.33. The molecule has 0 aliphatic carbocycles. The molecule has 0 aliphatic rings. The van der Waals surface area contributed by atoms with Crippen LogP contribution in [-0.2, 0) is 7.05 Å². The Bertz CT molecular complexity index is 741. The van der Waals surface area contributed by atoms with Crippen molar-refractivity contribution in [3.8, 4) is 5.75 Å².